The molecule has 1 N–H and O–H groups in total. The van der Waals surface area contributed by atoms with Crippen molar-refractivity contribution >= 4 is 11.9 Å². The highest BCUT2D eigenvalue weighted by molar-refractivity contribution is 5.93. The molecule has 5 nitrogen and oxygen atoms in total. The fraction of sp³-hybridized carbons (Fsp3) is 0.400. The molecule has 1 unspecified atom stereocenters. The number of aromatic nitrogens is 1. The summed E-state index contributed by atoms with van der Waals surface area (Å²) < 4.78 is 20.3. The Labute approximate surface area is 153 Å². The van der Waals surface area contributed by atoms with Gasteiger partial charge in [-0.3, -0.25) is 4.79 Å². The van der Waals surface area contributed by atoms with Crippen molar-refractivity contribution in [1.29, 1.82) is 0 Å². The number of nitrogens with one attached hydrogen (secondary N) is 1. The Morgan fingerprint density at radius 1 is 1.15 bits per heavy atom. The van der Waals surface area contributed by atoms with E-state index in [-0.39, 0.29) is 11.7 Å². The smallest absolute Gasteiger partial charge is 0.340 e. The van der Waals surface area contributed by atoms with Crippen LogP contribution in [0.5, 0.6) is 0 Å². The fourth-order valence-electron chi connectivity index (χ4n) is 2.71. The van der Waals surface area contributed by atoms with Crippen LogP contribution in [0.25, 0.3) is 5.69 Å². The zero-order valence-electron chi connectivity index (χ0n) is 16.0. The number of carbonyl (C=O) groups excluding carboxylic acids is 2. The minimum atomic E-state index is -0.907. The molecule has 0 aliphatic rings. The number of esters is 1. The monoisotopic (exact) mass is 360 g/mol. The van der Waals surface area contributed by atoms with E-state index in [1.54, 1.807) is 25.1 Å². The average Bonchev–Trinajstić information content (AvgIpc) is 2.81. The maximum absolute atomic E-state index is 13.2. The molecule has 0 aliphatic heterocycles. The maximum atomic E-state index is 13.2. The molecule has 0 radical (unpaired) electrons. The predicted octanol–water partition coefficient (Wildman–Crippen LogP) is 3.69. The van der Waals surface area contributed by atoms with Gasteiger partial charge in [0.05, 0.1) is 5.56 Å². The van der Waals surface area contributed by atoms with Crippen molar-refractivity contribution in [2.24, 2.45) is 0 Å². The van der Waals surface area contributed by atoms with Crippen LogP contribution in [0.15, 0.2) is 30.3 Å². The van der Waals surface area contributed by atoms with Gasteiger partial charge in [0.2, 0.25) is 0 Å². The van der Waals surface area contributed by atoms with E-state index in [9.17, 15) is 14.0 Å². The number of carbonyl (C=O) groups is 2. The Morgan fingerprint density at radius 3 is 2.27 bits per heavy atom. The zero-order chi connectivity index (χ0) is 19.6. The van der Waals surface area contributed by atoms with Crippen molar-refractivity contribution in [3.05, 3.63) is 53.1 Å². The summed E-state index contributed by atoms with van der Waals surface area (Å²) in [7, 11) is 0. The molecule has 1 aromatic heterocycles. The average molecular weight is 360 g/mol. The number of halogens is 1. The number of rotatable bonds is 4. The second-order valence-corrected chi connectivity index (χ2v) is 7.38. The van der Waals surface area contributed by atoms with Crippen LogP contribution in [0.2, 0.25) is 0 Å². The van der Waals surface area contributed by atoms with Gasteiger partial charge in [-0.05, 0) is 71.9 Å². The molecule has 1 atom stereocenters. The first-order valence-corrected chi connectivity index (χ1v) is 8.47. The Kier molecular flexibility index (Phi) is 5.54. The molecule has 1 heterocycles. The van der Waals surface area contributed by atoms with Crippen LogP contribution in [0, 0.1) is 19.7 Å². The van der Waals surface area contributed by atoms with E-state index in [0.29, 0.717) is 11.3 Å². The first kappa shape index (κ1) is 19.7. The quantitative estimate of drug-likeness (QED) is 0.846. The lowest BCUT2D eigenvalue weighted by molar-refractivity contribution is -0.130. The highest BCUT2D eigenvalue weighted by Crippen LogP contribution is 2.22. The lowest BCUT2D eigenvalue weighted by atomic mass is 10.1. The Morgan fingerprint density at radius 2 is 1.73 bits per heavy atom. The molecule has 1 amide bonds. The van der Waals surface area contributed by atoms with Crippen molar-refractivity contribution < 1.29 is 18.7 Å². The minimum absolute atomic E-state index is 0.325. The van der Waals surface area contributed by atoms with Gasteiger partial charge in [-0.25, -0.2) is 9.18 Å². The highest BCUT2D eigenvalue weighted by atomic mass is 19.1. The third-order valence-corrected chi connectivity index (χ3v) is 3.89. The summed E-state index contributed by atoms with van der Waals surface area (Å²) in [5.41, 5.74) is 2.20. The van der Waals surface area contributed by atoms with Gasteiger partial charge in [0.1, 0.15) is 5.82 Å². The van der Waals surface area contributed by atoms with Gasteiger partial charge in [-0.2, -0.15) is 0 Å². The van der Waals surface area contributed by atoms with Crippen LogP contribution in [0.3, 0.4) is 0 Å². The summed E-state index contributed by atoms with van der Waals surface area (Å²) in [5, 5.41) is 2.78. The number of amides is 1. The van der Waals surface area contributed by atoms with Gasteiger partial charge in [0.25, 0.3) is 5.91 Å². The first-order valence-electron chi connectivity index (χ1n) is 8.47. The van der Waals surface area contributed by atoms with Crippen LogP contribution < -0.4 is 5.32 Å². The van der Waals surface area contributed by atoms with Gasteiger partial charge in [0.15, 0.2) is 6.10 Å². The maximum Gasteiger partial charge on any atom is 0.340 e. The summed E-state index contributed by atoms with van der Waals surface area (Å²) in [4.78, 5) is 24.6. The highest BCUT2D eigenvalue weighted by Gasteiger charge is 2.25. The third-order valence-electron chi connectivity index (χ3n) is 3.89. The summed E-state index contributed by atoms with van der Waals surface area (Å²) >= 11 is 0. The largest absolute Gasteiger partial charge is 0.449 e. The van der Waals surface area contributed by atoms with Gasteiger partial charge in [-0.1, -0.05) is 0 Å². The topological polar surface area (TPSA) is 60.3 Å². The van der Waals surface area contributed by atoms with E-state index in [1.165, 1.54) is 19.1 Å². The van der Waals surface area contributed by atoms with Gasteiger partial charge in [-0.15, -0.1) is 0 Å². The fourth-order valence-corrected chi connectivity index (χ4v) is 2.71. The molecular formula is C20H25FN2O3. The minimum Gasteiger partial charge on any atom is -0.449 e. The SMILES string of the molecule is Cc1cc(C(=O)OC(C)C(=O)NC(C)(C)C)c(C)n1-c1ccc(F)cc1. The van der Waals surface area contributed by atoms with Crippen LogP contribution >= 0.6 is 0 Å². The van der Waals surface area contributed by atoms with Crippen molar-refractivity contribution in [3.8, 4) is 5.69 Å². The molecule has 140 valence electrons. The molecule has 0 bridgehead atoms. The molecule has 0 aliphatic carbocycles. The van der Waals surface area contributed by atoms with Crippen molar-refractivity contribution in [2.45, 2.75) is 53.2 Å². The van der Waals surface area contributed by atoms with E-state index in [2.05, 4.69) is 5.32 Å². The van der Waals surface area contributed by atoms with Gasteiger partial charge in [0, 0.05) is 22.6 Å². The summed E-state index contributed by atoms with van der Waals surface area (Å²) in [6, 6.07) is 7.72. The molecule has 2 aromatic rings. The van der Waals surface area contributed by atoms with E-state index in [0.717, 1.165) is 11.4 Å². The molecule has 6 heteroatoms. The molecule has 0 saturated heterocycles. The Bertz CT molecular complexity index is 817. The Balaban J connectivity index is 2.21. The summed E-state index contributed by atoms with van der Waals surface area (Å²) in [6.45, 7) is 10.7. The molecule has 1 aromatic carbocycles. The first-order chi connectivity index (χ1) is 12.0. The number of hydrogen-bond acceptors (Lipinski definition) is 3. The Hall–Kier alpha value is -2.63. The van der Waals surface area contributed by atoms with Crippen LogP contribution in [-0.4, -0.2) is 28.1 Å². The number of aryl methyl sites for hydroxylation is 1. The van der Waals surface area contributed by atoms with Crippen LogP contribution in [0.1, 0.15) is 49.4 Å². The van der Waals surface area contributed by atoms with E-state index < -0.39 is 17.6 Å². The van der Waals surface area contributed by atoms with Crippen LogP contribution in [-0.2, 0) is 9.53 Å². The number of hydrogen-bond donors (Lipinski definition) is 1. The molecular weight excluding hydrogens is 335 g/mol. The van der Waals surface area contributed by atoms with E-state index in [1.807, 2.05) is 32.3 Å². The van der Waals surface area contributed by atoms with Crippen molar-refractivity contribution in [1.82, 2.24) is 9.88 Å². The molecule has 0 fully saturated rings. The standard InChI is InChI=1S/C20H25FN2O3/c1-12-11-17(13(2)23(12)16-9-7-15(21)8-10-16)19(25)26-14(3)18(24)22-20(4,5)6/h7-11,14H,1-6H3,(H,22,24). The molecule has 26 heavy (non-hydrogen) atoms. The van der Waals surface area contributed by atoms with Crippen molar-refractivity contribution in [2.75, 3.05) is 0 Å². The lowest BCUT2D eigenvalue weighted by Crippen LogP contribution is -2.46. The summed E-state index contributed by atoms with van der Waals surface area (Å²) in [5.74, 6) is -1.24. The second kappa shape index (κ2) is 7.32. The molecule has 0 saturated carbocycles. The summed E-state index contributed by atoms with van der Waals surface area (Å²) in [6.07, 6.45) is -0.907. The molecule has 2 rings (SSSR count). The predicted molar refractivity (Wildman–Crippen MR) is 98.0 cm³/mol. The number of nitrogens with zero attached hydrogens (tertiary/aromatic N) is 1. The zero-order valence-corrected chi connectivity index (χ0v) is 16.0. The number of benzene rings is 1. The van der Waals surface area contributed by atoms with E-state index in [4.69, 9.17) is 4.74 Å². The number of ether oxygens (including phenoxy) is 1. The normalized spacial score (nSPS) is 12.6. The van der Waals surface area contributed by atoms with Gasteiger partial charge >= 0.3 is 5.97 Å². The van der Waals surface area contributed by atoms with Crippen molar-refractivity contribution in [3.63, 3.8) is 0 Å². The van der Waals surface area contributed by atoms with Gasteiger partial charge < -0.3 is 14.6 Å². The molecule has 0 spiro atoms. The second-order valence-electron chi connectivity index (χ2n) is 7.38. The van der Waals surface area contributed by atoms with Crippen LogP contribution in [0.4, 0.5) is 4.39 Å². The lowest BCUT2D eigenvalue weighted by Gasteiger charge is -2.23. The van der Waals surface area contributed by atoms with E-state index >= 15 is 0 Å². The third kappa shape index (κ3) is 4.50.